The van der Waals surface area contributed by atoms with Gasteiger partial charge in [0.25, 0.3) is 11.8 Å². The van der Waals surface area contributed by atoms with Crippen LogP contribution in [0.1, 0.15) is 61.3 Å². The van der Waals surface area contributed by atoms with E-state index in [1.54, 1.807) is 6.07 Å². The SMILES string of the molecule is C#Cc1cccc(CNC(=O)c2cc(C(=O)N[C@H]3CCc4cc(C#N)ccc43)ncn2)c1. The molecule has 1 atom stereocenters. The maximum Gasteiger partial charge on any atom is 0.270 e. The van der Waals surface area contributed by atoms with Crippen LogP contribution in [0.3, 0.4) is 0 Å². The number of fused-ring (bicyclic) bond motifs is 1. The molecular weight excluding hydrogens is 402 g/mol. The van der Waals surface area contributed by atoms with Gasteiger partial charge in [-0.05, 0) is 53.8 Å². The number of nitrogens with zero attached hydrogens (tertiary/aromatic N) is 3. The molecule has 7 nitrogen and oxygen atoms in total. The van der Waals surface area contributed by atoms with Crippen LogP contribution in [0, 0.1) is 23.7 Å². The molecule has 0 radical (unpaired) electrons. The summed E-state index contributed by atoms with van der Waals surface area (Å²) in [5.41, 5.74) is 4.47. The number of aryl methyl sites for hydroxylation is 1. The van der Waals surface area contributed by atoms with E-state index >= 15 is 0 Å². The van der Waals surface area contributed by atoms with E-state index in [4.69, 9.17) is 11.7 Å². The Morgan fingerprint density at radius 3 is 2.66 bits per heavy atom. The number of benzene rings is 2. The zero-order chi connectivity index (χ0) is 22.5. The summed E-state index contributed by atoms with van der Waals surface area (Å²) in [5, 5.41) is 14.8. The highest BCUT2D eigenvalue weighted by Gasteiger charge is 2.25. The van der Waals surface area contributed by atoms with Crippen LogP contribution in [0.25, 0.3) is 0 Å². The molecule has 32 heavy (non-hydrogen) atoms. The number of hydrogen-bond acceptors (Lipinski definition) is 5. The lowest BCUT2D eigenvalue weighted by Crippen LogP contribution is -2.29. The van der Waals surface area contributed by atoms with Crippen LogP contribution < -0.4 is 10.6 Å². The Balaban J connectivity index is 1.42. The molecule has 3 aromatic rings. The van der Waals surface area contributed by atoms with E-state index in [1.165, 1.54) is 12.4 Å². The minimum absolute atomic E-state index is 0.101. The van der Waals surface area contributed by atoms with Crippen molar-refractivity contribution in [1.82, 2.24) is 20.6 Å². The topological polar surface area (TPSA) is 108 Å². The van der Waals surface area contributed by atoms with Gasteiger partial charge in [-0.3, -0.25) is 9.59 Å². The molecule has 4 rings (SSSR count). The van der Waals surface area contributed by atoms with Gasteiger partial charge in [0.05, 0.1) is 17.7 Å². The fraction of sp³-hybridized carbons (Fsp3) is 0.160. The standard InChI is InChI=1S/C25H19N5O2/c1-2-16-4-3-5-18(10-16)14-27-24(31)22-12-23(29-15-28-22)25(32)30-21-9-7-19-11-17(13-26)6-8-20(19)21/h1,3-6,8,10-12,15,21H,7,9,14H2,(H,27,31)(H,30,32)/t21-/m0/s1. The highest BCUT2D eigenvalue weighted by atomic mass is 16.2. The van der Waals surface area contributed by atoms with Gasteiger partial charge in [0.15, 0.2) is 0 Å². The number of rotatable bonds is 5. The fourth-order valence-electron chi connectivity index (χ4n) is 3.72. The molecule has 0 fully saturated rings. The first kappa shape index (κ1) is 20.8. The number of carbonyl (C=O) groups excluding carboxylic acids is 2. The van der Waals surface area contributed by atoms with Crippen molar-refractivity contribution in [2.24, 2.45) is 0 Å². The molecule has 1 aliphatic carbocycles. The summed E-state index contributed by atoms with van der Waals surface area (Å²) in [4.78, 5) is 33.3. The first-order valence-corrected chi connectivity index (χ1v) is 10.1. The highest BCUT2D eigenvalue weighted by molar-refractivity contribution is 5.97. The molecule has 2 aromatic carbocycles. The summed E-state index contributed by atoms with van der Waals surface area (Å²) in [6, 6.07) is 16.1. The van der Waals surface area contributed by atoms with Gasteiger partial charge in [-0.1, -0.05) is 24.1 Å². The second-order valence-electron chi connectivity index (χ2n) is 7.41. The lowest BCUT2D eigenvalue weighted by Gasteiger charge is -2.14. The van der Waals surface area contributed by atoms with Crippen molar-refractivity contribution in [1.29, 1.82) is 5.26 Å². The van der Waals surface area contributed by atoms with Gasteiger partial charge in [-0.25, -0.2) is 9.97 Å². The quantitative estimate of drug-likeness (QED) is 0.616. The van der Waals surface area contributed by atoms with Gasteiger partial charge in [0, 0.05) is 18.2 Å². The van der Waals surface area contributed by atoms with Crippen molar-refractivity contribution in [3.63, 3.8) is 0 Å². The number of carbonyl (C=O) groups is 2. The van der Waals surface area contributed by atoms with E-state index in [-0.39, 0.29) is 29.9 Å². The highest BCUT2D eigenvalue weighted by Crippen LogP contribution is 2.31. The molecule has 7 heteroatoms. The average molecular weight is 421 g/mol. The Morgan fingerprint density at radius 2 is 1.88 bits per heavy atom. The third kappa shape index (κ3) is 4.48. The van der Waals surface area contributed by atoms with Crippen molar-refractivity contribution in [3.8, 4) is 18.4 Å². The maximum absolute atomic E-state index is 12.8. The lowest BCUT2D eigenvalue weighted by molar-refractivity contribution is 0.0931. The third-order valence-electron chi connectivity index (χ3n) is 5.33. The molecule has 0 saturated carbocycles. The molecule has 156 valence electrons. The zero-order valence-corrected chi connectivity index (χ0v) is 17.1. The van der Waals surface area contributed by atoms with Crippen molar-refractivity contribution in [2.75, 3.05) is 0 Å². The molecule has 0 spiro atoms. The fourth-order valence-corrected chi connectivity index (χ4v) is 3.72. The molecule has 0 unspecified atom stereocenters. The molecule has 2 amide bonds. The Kier molecular flexibility index (Phi) is 5.91. The summed E-state index contributed by atoms with van der Waals surface area (Å²) in [6.07, 6.45) is 8.13. The number of nitrogens with one attached hydrogen (secondary N) is 2. The van der Waals surface area contributed by atoms with Crippen LogP contribution >= 0.6 is 0 Å². The predicted octanol–water partition coefficient (Wildman–Crippen LogP) is 2.68. The molecule has 1 aromatic heterocycles. The van der Waals surface area contributed by atoms with E-state index in [2.05, 4.69) is 32.6 Å². The Bertz CT molecular complexity index is 1290. The summed E-state index contributed by atoms with van der Waals surface area (Å²) >= 11 is 0. The largest absolute Gasteiger partial charge is 0.347 e. The van der Waals surface area contributed by atoms with Crippen molar-refractivity contribution >= 4 is 11.8 Å². The molecule has 2 N–H and O–H groups in total. The van der Waals surface area contributed by atoms with Crippen LogP contribution in [0.5, 0.6) is 0 Å². The van der Waals surface area contributed by atoms with Gasteiger partial charge in [-0.15, -0.1) is 6.42 Å². The Hall–Kier alpha value is -4.49. The Labute approximate surface area is 185 Å². The normalized spacial score (nSPS) is 14.0. The van der Waals surface area contributed by atoms with Gasteiger partial charge in [0.2, 0.25) is 0 Å². The summed E-state index contributed by atoms with van der Waals surface area (Å²) in [6.45, 7) is 0.281. The van der Waals surface area contributed by atoms with Crippen LogP contribution in [0.2, 0.25) is 0 Å². The summed E-state index contributed by atoms with van der Waals surface area (Å²) in [7, 11) is 0. The first-order valence-electron chi connectivity index (χ1n) is 10.1. The summed E-state index contributed by atoms with van der Waals surface area (Å²) < 4.78 is 0. The number of nitriles is 1. The van der Waals surface area contributed by atoms with E-state index in [0.717, 1.165) is 35.1 Å². The van der Waals surface area contributed by atoms with Crippen LogP contribution in [-0.2, 0) is 13.0 Å². The van der Waals surface area contributed by atoms with Crippen molar-refractivity contribution in [2.45, 2.75) is 25.4 Å². The van der Waals surface area contributed by atoms with E-state index in [1.807, 2.05) is 36.4 Å². The van der Waals surface area contributed by atoms with Gasteiger partial charge >= 0.3 is 0 Å². The molecule has 1 aliphatic rings. The van der Waals surface area contributed by atoms with Crippen molar-refractivity contribution in [3.05, 3.63) is 94.1 Å². The molecule has 0 saturated heterocycles. The van der Waals surface area contributed by atoms with Crippen LogP contribution in [0.4, 0.5) is 0 Å². The van der Waals surface area contributed by atoms with E-state index in [0.29, 0.717) is 5.56 Å². The smallest absolute Gasteiger partial charge is 0.270 e. The average Bonchev–Trinajstić information content (AvgIpc) is 3.24. The third-order valence-corrected chi connectivity index (χ3v) is 5.33. The zero-order valence-electron chi connectivity index (χ0n) is 17.1. The number of amides is 2. The molecular formula is C25H19N5O2. The monoisotopic (exact) mass is 421 g/mol. The van der Waals surface area contributed by atoms with Crippen LogP contribution in [-0.4, -0.2) is 21.8 Å². The molecule has 0 aliphatic heterocycles. The van der Waals surface area contributed by atoms with Gasteiger partial charge < -0.3 is 10.6 Å². The Morgan fingerprint density at radius 1 is 1.06 bits per heavy atom. The summed E-state index contributed by atoms with van der Waals surface area (Å²) in [5.74, 6) is 1.76. The van der Waals surface area contributed by atoms with Crippen LogP contribution in [0.15, 0.2) is 54.9 Å². The first-order chi connectivity index (χ1) is 15.6. The predicted molar refractivity (Wildman–Crippen MR) is 117 cm³/mol. The molecule has 1 heterocycles. The van der Waals surface area contributed by atoms with Gasteiger partial charge in [0.1, 0.15) is 17.7 Å². The molecule has 0 bridgehead atoms. The van der Waals surface area contributed by atoms with Gasteiger partial charge in [-0.2, -0.15) is 5.26 Å². The maximum atomic E-state index is 12.8. The second kappa shape index (κ2) is 9.11. The number of terminal acetylenes is 1. The van der Waals surface area contributed by atoms with Crippen molar-refractivity contribution < 1.29 is 9.59 Å². The lowest BCUT2D eigenvalue weighted by atomic mass is 10.1. The minimum Gasteiger partial charge on any atom is -0.347 e. The second-order valence-corrected chi connectivity index (χ2v) is 7.41. The minimum atomic E-state index is -0.414. The van der Waals surface area contributed by atoms with E-state index < -0.39 is 5.91 Å². The number of hydrogen-bond donors (Lipinski definition) is 2. The van der Waals surface area contributed by atoms with E-state index in [9.17, 15) is 9.59 Å². The number of aromatic nitrogens is 2.